The lowest BCUT2D eigenvalue weighted by Crippen LogP contribution is -2.38. The van der Waals surface area contributed by atoms with Gasteiger partial charge in [-0.3, -0.25) is 4.79 Å². The SMILES string of the molecule is Cc1nc(N=C2SC[C@@H]3Cc4ccccc4CN23)sc1CC(=O)O. The van der Waals surface area contributed by atoms with Crippen LogP contribution < -0.4 is 0 Å². The number of aliphatic carboxylic acids is 1. The Balaban J connectivity index is 1.59. The van der Waals surface area contributed by atoms with Gasteiger partial charge in [-0.1, -0.05) is 47.4 Å². The first-order valence-corrected chi connectivity index (χ1v) is 9.63. The highest BCUT2D eigenvalue weighted by Crippen LogP contribution is 2.36. The summed E-state index contributed by atoms with van der Waals surface area (Å²) >= 11 is 3.15. The number of carbonyl (C=O) groups is 1. The maximum atomic E-state index is 10.9. The van der Waals surface area contributed by atoms with Crippen molar-refractivity contribution in [1.29, 1.82) is 0 Å². The molecule has 3 heterocycles. The first-order valence-electron chi connectivity index (χ1n) is 7.83. The Hall–Kier alpha value is -1.86. The molecule has 2 aliphatic rings. The van der Waals surface area contributed by atoms with E-state index in [1.807, 2.05) is 6.92 Å². The number of hydrogen-bond donors (Lipinski definition) is 1. The summed E-state index contributed by atoms with van der Waals surface area (Å²) in [6.45, 7) is 2.74. The number of fused-ring (bicyclic) bond motifs is 2. The van der Waals surface area contributed by atoms with Gasteiger partial charge in [-0.2, -0.15) is 4.99 Å². The van der Waals surface area contributed by atoms with Crippen molar-refractivity contribution in [3.63, 3.8) is 0 Å². The number of rotatable bonds is 3. The minimum Gasteiger partial charge on any atom is -0.481 e. The monoisotopic (exact) mass is 359 g/mol. The average molecular weight is 359 g/mol. The molecular weight excluding hydrogens is 342 g/mol. The Kier molecular flexibility index (Phi) is 4.05. The molecule has 5 nitrogen and oxygen atoms in total. The van der Waals surface area contributed by atoms with E-state index in [1.165, 1.54) is 22.5 Å². The third-order valence-corrected chi connectivity index (χ3v) is 6.58. The number of hydrogen-bond acceptors (Lipinski definition) is 5. The Labute approximate surface area is 148 Å². The molecule has 0 saturated carbocycles. The molecule has 2 aromatic rings. The van der Waals surface area contributed by atoms with Crippen LogP contribution in [0.25, 0.3) is 0 Å². The van der Waals surface area contributed by atoms with Gasteiger partial charge in [0.15, 0.2) is 5.17 Å². The van der Waals surface area contributed by atoms with Crippen molar-refractivity contribution in [2.24, 2.45) is 4.99 Å². The van der Waals surface area contributed by atoms with Gasteiger partial charge in [0, 0.05) is 23.2 Å². The normalized spacial score (nSPS) is 21.0. The molecule has 24 heavy (non-hydrogen) atoms. The number of thiazole rings is 1. The summed E-state index contributed by atoms with van der Waals surface area (Å²) in [4.78, 5) is 23.2. The van der Waals surface area contributed by atoms with Crippen molar-refractivity contribution in [2.75, 3.05) is 5.75 Å². The fraction of sp³-hybridized carbons (Fsp3) is 0.353. The minimum atomic E-state index is -0.830. The highest BCUT2D eigenvalue weighted by atomic mass is 32.2. The molecule has 0 amide bonds. The van der Waals surface area contributed by atoms with Gasteiger partial charge in [0.05, 0.1) is 12.1 Å². The molecule has 0 radical (unpaired) electrons. The van der Waals surface area contributed by atoms with Crippen molar-refractivity contribution in [3.05, 3.63) is 46.0 Å². The maximum Gasteiger partial charge on any atom is 0.308 e. The Morgan fingerprint density at radius 2 is 2.21 bits per heavy atom. The van der Waals surface area contributed by atoms with E-state index in [-0.39, 0.29) is 6.42 Å². The van der Waals surface area contributed by atoms with Crippen LogP contribution in [0.2, 0.25) is 0 Å². The Bertz CT molecular complexity index is 831. The fourth-order valence-electron chi connectivity index (χ4n) is 3.15. The van der Waals surface area contributed by atoms with Crippen molar-refractivity contribution >= 4 is 39.4 Å². The second-order valence-corrected chi connectivity index (χ2v) is 8.08. The van der Waals surface area contributed by atoms with E-state index in [9.17, 15) is 4.79 Å². The van der Waals surface area contributed by atoms with E-state index in [2.05, 4.69) is 34.1 Å². The molecule has 1 fully saturated rings. The lowest BCUT2D eigenvalue weighted by atomic mass is 9.95. The largest absolute Gasteiger partial charge is 0.481 e. The molecule has 1 atom stereocenters. The van der Waals surface area contributed by atoms with E-state index in [1.54, 1.807) is 11.8 Å². The highest BCUT2D eigenvalue weighted by molar-refractivity contribution is 8.14. The van der Waals surface area contributed by atoms with Gasteiger partial charge in [-0.15, -0.1) is 0 Å². The van der Waals surface area contributed by atoms with Crippen molar-refractivity contribution in [3.8, 4) is 0 Å². The van der Waals surface area contributed by atoms with Gasteiger partial charge in [-0.25, -0.2) is 4.98 Å². The Morgan fingerprint density at radius 3 is 3.00 bits per heavy atom. The number of nitrogens with zero attached hydrogens (tertiary/aromatic N) is 3. The molecule has 2 aliphatic heterocycles. The zero-order valence-electron chi connectivity index (χ0n) is 13.2. The molecular formula is C17H17N3O2S2. The number of amidine groups is 1. The van der Waals surface area contributed by atoms with Crippen molar-refractivity contribution < 1.29 is 9.90 Å². The number of aliphatic imine (C=N–C) groups is 1. The van der Waals surface area contributed by atoms with Gasteiger partial charge in [0.2, 0.25) is 5.13 Å². The van der Waals surface area contributed by atoms with Crippen LogP contribution in [0.4, 0.5) is 5.13 Å². The number of carboxylic acids is 1. The summed E-state index contributed by atoms with van der Waals surface area (Å²) in [5.41, 5.74) is 3.57. The lowest BCUT2D eigenvalue weighted by Gasteiger charge is -2.32. The van der Waals surface area contributed by atoms with Crippen LogP contribution in [0.1, 0.15) is 21.7 Å². The van der Waals surface area contributed by atoms with Crippen LogP contribution in [-0.4, -0.2) is 37.9 Å². The zero-order valence-corrected chi connectivity index (χ0v) is 14.9. The zero-order chi connectivity index (χ0) is 16.7. The first-order chi connectivity index (χ1) is 11.6. The number of carboxylic acid groups (broad SMARTS) is 1. The summed E-state index contributed by atoms with van der Waals surface area (Å²) in [5.74, 6) is 0.211. The Morgan fingerprint density at radius 1 is 1.42 bits per heavy atom. The summed E-state index contributed by atoms with van der Waals surface area (Å²) in [7, 11) is 0. The van der Waals surface area contributed by atoms with Crippen LogP contribution in [0.3, 0.4) is 0 Å². The van der Waals surface area contributed by atoms with E-state index in [4.69, 9.17) is 10.1 Å². The first kappa shape index (κ1) is 15.7. The van der Waals surface area contributed by atoms with Gasteiger partial charge in [-0.05, 0) is 24.5 Å². The smallest absolute Gasteiger partial charge is 0.308 e. The number of aromatic nitrogens is 1. The molecule has 1 aromatic carbocycles. The lowest BCUT2D eigenvalue weighted by molar-refractivity contribution is -0.136. The number of aryl methyl sites for hydroxylation is 1. The molecule has 1 aromatic heterocycles. The van der Waals surface area contributed by atoms with Crippen LogP contribution in [0.5, 0.6) is 0 Å². The van der Waals surface area contributed by atoms with E-state index in [0.29, 0.717) is 11.2 Å². The average Bonchev–Trinajstić information content (AvgIpc) is 3.09. The van der Waals surface area contributed by atoms with Crippen LogP contribution >= 0.6 is 23.1 Å². The van der Waals surface area contributed by atoms with Crippen LogP contribution in [0, 0.1) is 6.92 Å². The van der Waals surface area contributed by atoms with E-state index >= 15 is 0 Å². The van der Waals surface area contributed by atoms with Crippen LogP contribution in [0.15, 0.2) is 29.3 Å². The molecule has 0 aliphatic carbocycles. The summed E-state index contributed by atoms with van der Waals surface area (Å²) in [6.07, 6.45) is 1.07. The highest BCUT2D eigenvalue weighted by Gasteiger charge is 2.34. The van der Waals surface area contributed by atoms with Crippen molar-refractivity contribution in [2.45, 2.75) is 32.4 Å². The quantitative estimate of drug-likeness (QED) is 0.911. The third kappa shape index (κ3) is 2.93. The fourth-order valence-corrected chi connectivity index (χ4v) is 5.31. The molecule has 0 unspecified atom stereocenters. The molecule has 1 N–H and O–H groups in total. The number of thioether (sulfide) groups is 1. The number of benzene rings is 1. The summed E-state index contributed by atoms with van der Waals surface area (Å²) in [6, 6.07) is 9.08. The minimum absolute atomic E-state index is 0.0151. The second-order valence-electron chi connectivity index (χ2n) is 6.04. The van der Waals surface area contributed by atoms with Crippen LogP contribution in [-0.2, 0) is 24.2 Å². The van der Waals surface area contributed by atoms with Gasteiger partial charge in [0.25, 0.3) is 0 Å². The van der Waals surface area contributed by atoms with E-state index in [0.717, 1.165) is 34.5 Å². The topological polar surface area (TPSA) is 65.8 Å². The molecule has 0 spiro atoms. The molecule has 4 rings (SSSR count). The molecule has 0 bridgehead atoms. The van der Waals surface area contributed by atoms with Gasteiger partial charge in [0.1, 0.15) is 0 Å². The molecule has 7 heteroatoms. The van der Waals surface area contributed by atoms with Gasteiger partial charge < -0.3 is 10.0 Å². The predicted octanol–water partition coefficient (Wildman–Crippen LogP) is 3.24. The summed E-state index contributed by atoms with van der Waals surface area (Å²) < 4.78 is 0. The predicted molar refractivity (Wildman–Crippen MR) is 97.2 cm³/mol. The standard InChI is InChI=1S/C17H17N3O2S2/c1-10-14(7-15(21)22)24-16(18-10)19-17-20-8-12-5-3-2-4-11(12)6-13(20)9-23-17/h2-5,13H,6-9H2,1H3,(H,21,22)/t13-/m0/s1. The van der Waals surface area contributed by atoms with E-state index < -0.39 is 5.97 Å². The molecule has 1 saturated heterocycles. The summed E-state index contributed by atoms with van der Waals surface area (Å²) in [5, 5.41) is 10.6. The maximum absolute atomic E-state index is 10.9. The van der Waals surface area contributed by atoms with Gasteiger partial charge >= 0.3 is 5.97 Å². The molecule has 124 valence electrons. The third-order valence-electron chi connectivity index (χ3n) is 4.39. The second kappa shape index (κ2) is 6.22. The van der Waals surface area contributed by atoms with Crippen molar-refractivity contribution in [1.82, 2.24) is 9.88 Å².